The monoisotopic (exact) mass is 280 g/mol. The van der Waals surface area contributed by atoms with Gasteiger partial charge in [-0.25, -0.2) is 9.37 Å². The Balaban J connectivity index is 2.14. The van der Waals surface area contributed by atoms with Gasteiger partial charge in [0.15, 0.2) is 11.6 Å². The molecule has 1 aliphatic heterocycles. The Kier molecular flexibility index (Phi) is 4.45. The Bertz CT molecular complexity index is 456. The average molecular weight is 280 g/mol. The van der Waals surface area contributed by atoms with E-state index in [1.165, 1.54) is 12.6 Å². The van der Waals surface area contributed by atoms with Gasteiger partial charge >= 0.3 is 0 Å². The van der Waals surface area contributed by atoms with E-state index in [9.17, 15) is 4.39 Å². The molecule has 0 amide bonds. The lowest BCUT2D eigenvalue weighted by Crippen LogP contribution is -2.28. The third-order valence-corrected chi connectivity index (χ3v) is 4.20. The van der Waals surface area contributed by atoms with Gasteiger partial charge < -0.3 is 10.2 Å². The Morgan fingerprint density at radius 2 is 2.05 bits per heavy atom. The maximum atomic E-state index is 14.0. The fraction of sp³-hybridized carbons (Fsp3) is 0.733. The molecule has 0 aromatic carbocycles. The fourth-order valence-electron chi connectivity index (χ4n) is 2.87. The minimum absolute atomic E-state index is 0.316. The van der Waals surface area contributed by atoms with Gasteiger partial charge in [-0.15, -0.1) is 0 Å². The normalized spacial score (nSPS) is 20.6. The summed E-state index contributed by atoms with van der Waals surface area (Å²) in [7, 11) is 1.75. The molecule has 1 aromatic heterocycles. The number of nitrogens with one attached hydrogen (secondary N) is 1. The molecule has 0 spiro atoms. The van der Waals surface area contributed by atoms with Gasteiger partial charge in [-0.1, -0.05) is 20.8 Å². The van der Waals surface area contributed by atoms with E-state index in [0.717, 1.165) is 25.9 Å². The Hall–Kier alpha value is -1.39. The van der Waals surface area contributed by atoms with Crippen molar-refractivity contribution in [2.45, 2.75) is 40.0 Å². The second kappa shape index (κ2) is 5.94. The van der Waals surface area contributed by atoms with Crippen molar-refractivity contribution in [3.8, 4) is 0 Å². The number of anilines is 2. The van der Waals surface area contributed by atoms with E-state index in [-0.39, 0.29) is 5.82 Å². The van der Waals surface area contributed by atoms with Crippen molar-refractivity contribution in [1.29, 1.82) is 0 Å². The second-order valence-corrected chi connectivity index (χ2v) is 6.60. The first-order valence-corrected chi connectivity index (χ1v) is 7.37. The topological polar surface area (TPSA) is 41.1 Å². The van der Waals surface area contributed by atoms with Crippen LogP contribution >= 0.6 is 0 Å². The predicted molar refractivity (Wildman–Crippen MR) is 80.5 cm³/mol. The molecule has 4 nitrogen and oxygen atoms in total. The molecule has 1 saturated heterocycles. The summed E-state index contributed by atoms with van der Waals surface area (Å²) in [5.41, 5.74) is 0.316. The van der Waals surface area contributed by atoms with Crippen LogP contribution in [-0.2, 0) is 0 Å². The highest BCUT2D eigenvalue weighted by molar-refractivity contribution is 5.43. The maximum Gasteiger partial charge on any atom is 0.224 e. The third kappa shape index (κ3) is 3.38. The Morgan fingerprint density at radius 3 is 2.70 bits per heavy atom. The first-order chi connectivity index (χ1) is 9.41. The zero-order chi connectivity index (χ0) is 14.8. The van der Waals surface area contributed by atoms with Gasteiger partial charge in [0.2, 0.25) is 5.95 Å². The largest absolute Gasteiger partial charge is 0.357 e. The molecule has 2 heterocycles. The molecule has 5 heteroatoms. The molecule has 20 heavy (non-hydrogen) atoms. The summed E-state index contributed by atoms with van der Waals surface area (Å²) in [5.74, 6) is 1.25. The van der Waals surface area contributed by atoms with E-state index in [1.807, 2.05) is 0 Å². The standard InChI is InChI=1S/C15H25FN4/c1-15(2,3)11-6-5-8-20(9-7-11)13-12(16)10-18-14(17-4)19-13/h10-11H,5-9H2,1-4H3,(H,17,18,19). The number of halogens is 1. The van der Waals surface area contributed by atoms with Crippen molar-refractivity contribution in [2.24, 2.45) is 11.3 Å². The molecule has 1 atom stereocenters. The molecule has 0 saturated carbocycles. The van der Waals surface area contributed by atoms with Crippen molar-refractivity contribution in [3.05, 3.63) is 12.0 Å². The van der Waals surface area contributed by atoms with Crippen LogP contribution in [0, 0.1) is 17.2 Å². The minimum atomic E-state index is -0.335. The summed E-state index contributed by atoms with van der Waals surface area (Å²) in [6.45, 7) is 8.59. The van der Waals surface area contributed by atoms with E-state index in [0.29, 0.717) is 23.1 Å². The molecule has 0 bridgehead atoms. The van der Waals surface area contributed by atoms with Gasteiger partial charge in [-0.2, -0.15) is 4.98 Å². The van der Waals surface area contributed by atoms with Gasteiger partial charge in [-0.3, -0.25) is 0 Å². The van der Waals surface area contributed by atoms with Crippen LogP contribution in [-0.4, -0.2) is 30.1 Å². The van der Waals surface area contributed by atoms with Crippen molar-refractivity contribution < 1.29 is 4.39 Å². The van der Waals surface area contributed by atoms with E-state index in [1.54, 1.807) is 7.05 Å². The van der Waals surface area contributed by atoms with E-state index in [2.05, 4.69) is 41.0 Å². The summed E-state index contributed by atoms with van der Waals surface area (Å²) >= 11 is 0. The van der Waals surface area contributed by atoms with Crippen molar-refractivity contribution in [1.82, 2.24) is 9.97 Å². The van der Waals surface area contributed by atoms with Gasteiger partial charge in [0.25, 0.3) is 0 Å². The number of hydrogen-bond acceptors (Lipinski definition) is 4. The number of hydrogen-bond donors (Lipinski definition) is 1. The number of rotatable bonds is 2. The van der Waals surface area contributed by atoms with Crippen LogP contribution in [0.2, 0.25) is 0 Å². The molecule has 1 aromatic rings. The summed E-state index contributed by atoms with van der Waals surface area (Å²) in [4.78, 5) is 10.2. The molecule has 1 N–H and O–H groups in total. The number of aromatic nitrogens is 2. The Morgan fingerprint density at radius 1 is 1.30 bits per heavy atom. The first-order valence-electron chi connectivity index (χ1n) is 7.37. The van der Waals surface area contributed by atoms with E-state index < -0.39 is 0 Å². The minimum Gasteiger partial charge on any atom is -0.357 e. The van der Waals surface area contributed by atoms with Crippen LogP contribution in [0.25, 0.3) is 0 Å². The highest BCUT2D eigenvalue weighted by Crippen LogP contribution is 2.35. The lowest BCUT2D eigenvalue weighted by atomic mass is 9.77. The highest BCUT2D eigenvalue weighted by atomic mass is 19.1. The molecule has 0 aliphatic carbocycles. The summed E-state index contributed by atoms with van der Waals surface area (Å²) in [6, 6.07) is 0. The lowest BCUT2D eigenvalue weighted by Gasteiger charge is -2.30. The van der Waals surface area contributed by atoms with Crippen LogP contribution < -0.4 is 10.2 Å². The molecule has 1 fully saturated rings. The molecular weight excluding hydrogens is 255 g/mol. The molecule has 1 aliphatic rings. The third-order valence-electron chi connectivity index (χ3n) is 4.20. The quantitative estimate of drug-likeness (QED) is 0.902. The van der Waals surface area contributed by atoms with Crippen molar-refractivity contribution in [2.75, 3.05) is 30.4 Å². The van der Waals surface area contributed by atoms with Crippen molar-refractivity contribution in [3.63, 3.8) is 0 Å². The highest BCUT2D eigenvalue weighted by Gasteiger charge is 2.28. The zero-order valence-electron chi connectivity index (χ0n) is 12.9. The predicted octanol–water partition coefficient (Wildman–Crippen LogP) is 3.31. The summed E-state index contributed by atoms with van der Waals surface area (Å²) in [6.07, 6.45) is 4.62. The van der Waals surface area contributed by atoms with Gasteiger partial charge in [-0.05, 0) is 30.6 Å². The van der Waals surface area contributed by atoms with Gasteiger partial charge in [0.1, 0.15) is 0 Å². The smallest absolute Gasteiger partial charge is 0.224 e. The molecular formula is C15H25FN4. The van der Waals surface area contributed by atoms with Crippen LogP contribution in [0.4, 0.5) is 16.2 Å². The average Bonchev–Trinajstić information content (AvgIpc) is 2.64. The first kappa shape index (κ1) is 15.0. The summed E-state index contributed by atoms with van der Waals surface area (Å²) < 4.78 is 14.0. The Labute approximate surface area is 120 Å². The van der Waals surface area contributed by atoms with Gasteiger partial charge in [0.05, 0.1) is 6.20 Å². The second-order valence-electron chi connectivity index (χ2n) is 6.60. The van der Waals surface area contributed by atoms with E-state index >= 15 is 0 Å². The van der Waals surface area contributed by atoms with Crippen LogP contribution in [0.1, 0.15) is 40.0 Å². The van der Waals surface area contributed by atoms with Crippen LogP contribution in [0.15, 0.2) is 6.20 Å². The number of nitrogens with zero attached hydrogens (tertiary/aromatic N) is 3. The lowest BCUT2D eigenvalue weighted by molar-refractivity contribution is 0.220. The maximum absolute atomic E-state index is 14.0. The zero-order valence-corrected chi connectivity index (χ0v) is 12.9. The van der Waals surface area contributed by atoms with Crippen LogP contribution in [0.3, 0.4) is 0 Å². The van der Waals surface area contributed by atoms with Crippen molar-refractivity contribution >= 4 is 11.8 Å². The van der Waals surface area contributed by atoms with Crippen LogP contribution in [0.5, 0.6) is 0 Å². The molecule has 1 unspecified atom stereocenters. The van der Waals surface area contributed by atoms with Gasteiger partial charge in [0, 0.05) is 20.1 Å². The molecule has 112 valence electrons. The fourth-order valence-corrected chi connectivity index (χ4v) is 2.87. The van der Waals surface area contributed by atoms with E-state index in [4.69, 9.17) is 0 Å². The molecule has 0 radical (unpaired) electrons. The summed E-state index contributed by atoms with van der Waals surface area (Å²) in [5, 5.41) is 2.87. The SMILES string of the molecule is CNc1ncc(F)c(N2CCCC(C(C)(C)C)CC2)n1. The molecule has 2 rings (SSSR count).